The highest BCUT2D eigenvalue weighted by molar-refractivity contribution is 6.01. The molecule has 0 bridgehead atoms. The maximum Gasteiger partial charge on any atom is 0.232 e. The highest BCUT2D eigenvalue weighted by atomic mass is 19.1. The first-order valence-electron chi connectivity index (χ1n) is 10.9. The summed E-state index contributed by atoms with van der Waals surface area (Å²) >= 11 is 0. The van der Waals surface area contributed by atoms with Gasteiger partial charge in [0.15, 0.2) is 0 Å². The second-order valence-electron chi connectivity index (χ2n) is 8.58. The number of benzene rings is 2. The number of phenols is 1. The number of pyridine rings is 1. The molecular formula is C25H26FN3O4. The van der Waals surface area contributed by atoms with Gasteiger partial charge in [-0.3, -0.25) is 9.59 Å². The molecule has 7 nitrogen and oxygen atoms in total. The Bertz CT molecular complexity index is 1210. The van der Waals surface area contributed by atoms with Crippen molar-refractivity contribution in [1.29, 1.82) is 0 Å². The van der Waals surface area contributed by atoms with Crippen molar-refractivity contribution in [3.63, 3.8) is 0 Å². The van der Waals surface area contributed by atoms with Crippen LogP contribution in [-0.2, 0) is 9.59 Å². The number of halogens is 1. The van der Waals surface area contributed by atoms with Gasteiger partial charge in [-0.1, -0.05) is 26.0 Å². The lowest BCUT2D eigenvalue weighted by Gasteiger charge is -2.21. The molecular weight excluding hydrogens is 425 g/mol. The summed E-state index contributed by atoms with van der Waals surface area (Å²) in [7, 11) is 0. The average molecular weight is 451 g/mol. The fourth-order valence-corrected chi connectivity index (χ4v) is 4.19. The zero-order valence-electron chi connectivity index (χ0n) is 18.5. The van der Waals surface area contributed by atoms with Gasteiger partial charge in [-0.2, -0.15) is 0 Å². The number of amides is 2. The summed E-state index contributed by atoms with van der Waals surface area (Å²) in [6.45, 7) is 4.83. The first-order valence-corrected chi connectivity index (χ1v) is 10.9. The van der Waals surface area contributed by atoms with E-state index in [1.54, 1.807) is 35.2 Å². The van der Waals surface area contributed by atoms with Gasteiger partial charge in [0, 0.05) is 23.9 Å². The summed E-state index contributed by atoms with van der Waals surface area (Å²) < 4.78 is 19.8. The first-order chi connectivity index (χ1) is 15.7. The number of nitrogens with zero attached hydrogens (tertiary/aromatic N) is 2. The van der Waals surface area contributed by atoms with Crippen molar-refractivity contribution < 1.29 is 23.8 Å². The number of ether oxygens (including phenoxy) is 1. The molecule has 1 atom stereocenters. The Morgan fingerprint density at radius 3 is 2.61 bits per heavy atom. The molecule has 0 saturated carbocycles. The first kappa shape index (κ1) is 22.5. The minimum absolute atomic E-state index is 0.0443. The third-order valence-electron chi connectivity index (χ3n) is 5.76. The van der Waals surface area contributed by atoms with Crippen LogP contribution in [0, 0.1) is 5.82 Å². The standard InChI is InChI=1S/C25H26FN3O4/c1-14(2)24-23(15-3-5-16(26)6-4-15)19-8-7-17(30)11-20(19)25(28-24)33-18-9-10-29(13-18)22(32)12-21(27)31/h3-8,11,14,18,30H,9-10,12-13H2,1-2H3,(H2,27,31)/t18-/m0/s1. The van der Waals surface area contributed by atoms with Crippen molar-refractivity contribution in [1.82, 2.24) is 9.88 Å². The van der Waals surface area contributed by atoms with Gasteiger partial charge in [-0.15, -0.1) is 0 Å². The second-order valence-corrected chi connectivity index (χ2v) is 8.58. The van der Waals surface area contributed by atoms with Crippen molar-refractivity contribution in [2.24, 2.45) is 5.73 Å². The normalized spacial score (nSPS) is 15.9. The van der Waals surface area contributed by atoms with Gasteiger partial charge < -0.3 is 20.5 Å². The Hall–Kier alpha value is -3.68. The van der Waals surface area contributed by atoms with Crippen LogP contribution >= 0.6 is 0 Å². The Morgan fingerprint density at radius 2 is 1.94 bits per heavy atom. The molecule has 2 aromatic carbocycles. The van der Waals surface area contributed by atoms with Crippen LogP contribution in [0.15, 0.2) is 42.5 Å². The Balaban J connectivity index is 1.74. The van der Waals surface area contributed by atoms with Crippen LogP contribution in [0.2, 0.25) is 0 Å². The van der Waals surface area contributed by atoms with E-state index in [-0.39, 0.29) is 35.9 Å². The van der Waals surface area contributed by atoms with Crippen LogP contribution in [0.5, 0.6) is 11.6 Å². The number of aromatic nitrogens is 1. The van der Waals surface area contributed by atoms with E-state index in [1.165, 1.54) is 12.1 Å². The van der Waals surface area contributed by atoms with Gasteiger partial charge in [-0.05, 0) is 47.2 Å². The van der Waals surface area contributed by atoms with Gasteiger partial charge in [0.25, 0.3) is 0 Å². The molecule has 8 heteroatoms. The van der Waals surface area contributed by atoms with Crippen molar-refractivity contribution in [2.75, 3.05) is 13.1 Å². The maximum atomic E-state index is 13.6. The van der Waals surface area contributed by atoms with E-state index in [9.17, 15) is 19.1 Å². The van der Waals surface area contributed by atoms with Gasteiger partial charge in [0.05, 0.1) is 12.2 Å². The van der Waals surface area contributed by atoms with E-state index >= 15 is 0 Å². The number of likely N-dealkylation sites (tertiary alicyclic amines) is 1. The molecule has 4 rings (SSSR count). The van der Waals surface area contributed by atoms with E-state index in [0.717, 1.165) is 22.2 Å². The minimum atomic E-state index is -0.662. The number of carbonyl (C=O) groups is 2. The van der Waals surface area contributed by atoms with E-state index in [4.69, 9.17) is 15.5 Å². The topological polar surface area (TPSA) is 106 Å². The number of fused-ring (bicyclic) bond motifs is 1. The molecule has 0 aliphatic carbocycles. The van der Waals surface area contributed by atoms with Gasteiger partial charge in [0.1, 0.15) is 24.1 Å². The number of hydrogen-bond acceptors (Lipinski definition) is 5. The van der Waals surface area contributed by atoms with Crippen molar-refractivity contribution in [3.8, 4) is 22.8 Å². The summed E-state index contributed by atoms with van der Waals surface area (Å²) in [6, 6.07) is 11.2. The predicted octanol–water partition coefficient (Wildman–Crippen LogP) is 3.73. The molecule has 33 heavy (non-hydrogen) atoms. The third kappa shape index (κ3) is 4.74. The Kier molecular flexibility index (Phi) is 6.18. The summed E-state index contributed by atoms with van der Waals surface area (Å²) in [5, 5.41) is 11.6. The SMILES string of the molecule is CC(C)c1nc(O[C@H]2CCN(C(=O)CC(N)=O)C2)c2cc(O)ccc2c1-c1ccc(F)cc1. The molecule has 1 fully saturated rings. The van der Waals surface area contributed by atoms with Gasteiger partial charge in [-0.25, -0.2) is 9.37 Å². The molecule has 2 amide bonds. The lowest BCUT2D eigenvalue weighted by molar-refractivity contribution is -0.134. The maximum absolute atomic E-state index is 13.6. The summed E-state index contributed by atoms with van der Waals surface area (Å²) in [5.74, 6) is -0.825. The highest BCUT2D eigenvalue weighted by Gasteiger charge is 2.29. The van der Waals surface area contributed by atoms with Crippen LogP contribution in [0.25, 0.3) is 21.9 Å². The zero-order chi connectivity index (χ0) is 23.7. The van der Waals surface area contributed by atoms with Crippen LogP contribution < -0.4 is 10.5 Å². The van der Waals surface area contributed by atoms with Crippen LogP contribution in [0.4, 0.5) is 4.39 Å². The monoisotopic (exact) mass is 451 g/mol. The number of phenolic OH excluding ortho intramolecular Hbond substituents is 1. The Morgan fingerprint density at radius 1 is 1.21 bits per heavy atom. The number of aromatic hydroxyl groups is 1. The number of primary amides is 1. The Labute approximate surface area is 191 Å². The fourth-order valence-electron chi connectivity index (χ4n) is 4.19. The minimum Gasteiger partial charge on any atom is -0.508 e. The number of carbonyl (C=O) groups excluding carboxylic acids is 2. The molecule has 0 spiro atoms. The smallest absolute Gasteiger partial charge is 0.232 e. The lowest BCUT2D eigenvalue weighted by Crippen LogP contribution is -2.33. The third-order valence-corrected chi connectivity index (χ3v) is 5.76. The second kappa shape index (κ2) is 9.05. The quantitative estimate of drug-likeness (QED) is 0.556. The summed E-state index contributed by atoms with van der Waals surface area (Å²) in [5.41, 5.74) is 7.60. The molecule has 3 N–H and O–H groups in total. The van der Waals surface area contributed by atoms with Crippen molar-refractivity contribution in [3.05, 3.63) is 54.0 Å². The number of hydrogen-bond donors (Lipinski definition) is 2. The van der Waals surface area contributed by atoms with Gasteiger partial charge >= 0.3 is 0 Å². The molecule has 1 aliphatic heterocycles. The average Bonchev–Trinajstić information content (AvgIpc) is 3.22. The number of rotatable bonds is 6. The molecule has 0 radical (unpaired) electrons. The van der Waals surface area contributed by atoms with E-state index in [1.807, 2.05) is 13.8 Å². The van der Waals surface area contributed by atoms with Crippen molar-refractivity contribution in [2.45, 2.75) is 38.7 Å². The molecule has 1 aromatic heterocycles. The lowest BCUT2D eigenvalue weighted by atomic mass is 9.92. The fraction of sp³-hybridized carbons (Fsp3) is 0.320. The van der Waals surface area contributed by atoms with E-state index in [0.29, 0.717) is 30.8 Å². The van der Waals surface area contributed by atoms with E-state index < -0.39 is 5.91 Å². The molecule has 0 unspecified atom stereocenters. The largest absolute Gasteiger partial charge is 0.508 e. The van der Waals surface area contributed by atoms with E-state index in [2.05, 4.69) is 0 Å². The molecule has 3 aromatic rings. The molecule has 1 saturated heterocycles. The van der Waals surface area contributed by atoms with Crippen molar-refractivity contribution >= 4 is 22.6 Å². The van der Waals surface area contributed by atoms with Crippen LogP contribution in [0.1, 0.15) is 38.3 Å². The molecule has 2 heterocycles. The van der Waals surface area contributed by atoms with Crippen LogP contribution in [-0.4, -0.2) is 46.0 Å². The number of nitrogens with two attached hydrogens (primary N) is 1. The zero-order valence-corrected chi connectivity index (χ0v) is 18.5. The summed E-state index contributed by atoms with van der Waals surface area (Å²) in [4.78, 5) is 29.6. The van der Waals surface area contributed by atoms with Crippen LogP contribution in [0.3, 0.4) is 0 Å². The summed E-state index contributed by atoms with van der Waals surface area (Å²) in [6.07, 6.45) is -0.0500. The predicted molar refractivity (Wildman–Crippen MR) is 122 cm³/mol. The molecule has 1 aliphatic rings. The molecule has 172 valence electrons. The highest BCUT2D eigenvalue weighted by Crippen LogP contribution is 2.40. The van der Waals surface area contributed by atoms with Gasteiger partial charge in [0.2, 0.25) is 17.7 Å².